The number of ether oxygens (including phenoxy) is 1. The zero-order valence-electron chi connectivity index (χ0n) is 11.9. The third-order valence-electron chi connectivity index (χ3n) is 4.32. The number of benzene rings is 1. The van der Waals surface area contributed by atoms with E-state index in [1.165, 1.54) is 0 Å². The molecule has 0 amide bonds. The van der Waals surface area contributed by atoms with Crippen LogP contribution in [0, 0.1) is 0 Å². The number of aliphatic imine (C=N–C) groups is 1. The van der Waals surface area contributed by atoms with Crippen LogP contribution in [-0.4, -0.2) is 45.1 Å². The summed E-state index contributed by atoms with van der Waals surface area (Å²) in [5.41, 5.74) is 6.58. The zero-order chi connectivity index (χ0) is 15.1. The zero-order valence-corrected chi connectivity index (χ0v) is 12.8. The van der Waals surface area contributed by atoms with E-state index >= 15 is 0 Å². The molecule has 0 saturated carbocycles. The lowest BCUT2D eigenvalue weighted by Gasteiger charge is -2.42. The van der Waals surface area contributed by atoms with Gasteiger partial charge >= 0.3 is 0 Å². The van der Waals surface area contributed by atoms with Crippen molar-refractivity contribution >= 4 is 21.5 Å². The van der Waals surface area contributed by atoms with Gasteiger partial charge in [-0.3, -0.25) is 4.99 Å². The van der Waals surface area contributed by atoms with E-state index in [9.17, 15) is 8.42 Å². The van der Waals surface area contributed by atoms with Crippen molar-refractivity contribution in [1.82, 2.24) is 0 Å². The molecule has 0 bridgehead atoms. The molecule has 0 aliphatic carbocycles. The average Bonchev–Trinajstić information content (AvgIpc) is 2.80. The van der Waals surface area contributed by atoms with Crippen LogP contribution in [0.3, 0.4) is 0 Å². The number of nitrogens with two attached hydrogens (primary N) is 1. The van der Waals surface area contributed by atoms with E-state index in [0.717, 1.165) is 5.69 Å². The Hall–Kier alpha value is -1.76. The van der Waals surface area contributed by atoms with E-state index in [1.807, 2.05) is 29.2 Å². The maximum absolute atomic E-state index is 11.7. The molecule has 1 saturated heterocycles. The average molecular weight is 309 g/mol. The Kier molecular flexibility index (Phi) is 3.32. The fourth-order valence-electron chi connectivity index (χ4n) is 3.11. The minimum atomic E-state index is -2.93. The second-order valence-electron chi connectivity index (χ2n) is 5.56. The number of hydrogen-bond acceptors (Lipinski definition) is 6. The number of rotatable bonds is 2. The van der Waals surface area contributed by atoms with Crippen molar-refractivity contribution in [3.63, 3.8) is 0 Å². The monoisotopic (exact) mass is 309 g/mol. The highest BCUT2D eigenvalue weighted by Gasteiger charge is 2.47. The molecule has 2 N–H and O–H groups in total. The summed E-state index contributed by atoms with van der Waals surface area (Å²) < 4.78 is 28.9. The van der Waals surface area contributed by atoms with E-state index in [4.69, 9.17) is 10.5 Å². The third kappa shape index (κ3) is 2.35. The van der Waals surface area contributed by atoms with Gasteiger partial charge in [0.25, 0.3) is 0 Å². The number of sulfone groups is 1. The Labute approximate surface area is 124 Å². The van der Waals surface area contributed by atoms with Gasteiger partial charge in [-0.05, 0) is 25.0 Å². The van der Waals surface area contributed by atoms with Crippen LogP contribution in [0.5, 0.6) is 5.75 Å². The molecule has 1 spiro atoms. The molecular formula is C14H19N3O3S. The number of guanidine groups is 1. The van der Waals surface area contributed by atoms with Crippen LogP contribution >= 0.6 is 0 Å². The summed E-state index contributed by atoms with van der Waals surface area (Å²) in [6.07, 6.45) is 1.08. The molecule has 0 radical (unpaired) electrons. The van der Waals surface area contributed by atoms with Crippen LogP contribution < -0.4 is 15.4 Å². The van der Waals surface area contributed by atoms with Gasteiger partial charge in [0.15, 0.2) is 15.8 Å². The topological polar surface area (TPSA) is 85.0 Å². The number of methoxy groups -OCH3 is 1. The Morgan fingerprint density at radius 3 is 2.62 bits per heavy atom. The normalized spacial score (nSPS) is 23.1. The molecule has 0 atom stereocenters. The third-order valence-corrected chi connectivity index (χ3v) is 5.97. The van der Waals surface area contributed by atoms with Gasteiger partial charge in [-0.25, -0.2) is 8.42 Å². The molecule has 7 heteroatoms. The first kappa shape index (κ1) is 14.2. The van der Waals surface area contributed by atoms with Crippen molar-refractivity contribution in [1.29, 1.82) is 0 Å². The van der Waals surface area contributed by atoms with E-state index in [-0.39, 0.29) is 17.0 Å². The molecule has 1 aromatic rings. The molecule has 0 aromatic heterocycles. The molecule has 114 valence electrons. The summed E-state index contributed by atoms with van der Waals surface area (Å²) in [5, 5.41) is 0. The lowest BCUT2D eigenvalue weighted by atomic mass is 9.90. The van der Waals surface area contributed by atoms with Gasteiger partial charge in [-0.15, -0.1) is 0 Å². The molecule has 1 aromatic carbocycles. The highest BCUT2D eigenvalue weighted by molar-refractivity contribution is 7.91. The van der Waals surface area contributed by atoms with Gasteiger partial charge in [0.05, 0.1) is 36.4 Å². The molecule has 6 nitrogen and oxygen atoms in total. The molecule has 0 unspecified atom stereocenters. The number of anilines is 1. The standard InChI is InChI=1S/C14H19N3O3S/c1-20-12-5-3-2-4-11(12)17-13(15)16-10-14(17)6-8-21(18,19)9-7-14/h2-5H,6-10H2,1H3,(H2,15,16). The summed E-state index contributed by atoms with van der Waals surface area (Å²) in [5.74, 6) is 1.51. The largest absolute Gasteiger partial charge is 0.495 e. The molecule has 1 fully saturated rings. The summed E-state index contributed by atoms with van der Waals surface area (Å²) in [6, 6.07) is 7.60. The Balaban J connectivity index is 2.00. The highest BCUT2D eigenvalue weighted by atomic mass is 32.2. The van der Waals surface area contributed by atoms with Crippen LogP contribution in [0.15, 0.2) is 29.3 Å². The molecule has 21 heavy (non-hydrogen) atoms. The second kappa shape index (κ2) is 4.91. The van der Waals surface area contributed by atoms with Crippen LogP contribution in [-0.2, 0) is 9.84 Å². The number of hydrogen-bond donors (Lipinski definition) is 1. The summed E-state index contributed by atoms with van der Waals surface area (Å²) >= 11 is 0. The Bertz CT molecular complexity index is 670. The summed E-state index contributed by atoms with van der Waals surface area (Å²) in [7, 11) is -1.32. The summed E-state index contributed by atoms with van der Waals surface area (Å²) in [6.45, 7) is 0.534. The van der Waals surface area contributed by atoms with E-state index in [0.29, 0.717) is 31.1 Å². The van der Waals surface area contributed by atoms with Gasteiger partial charge in [0.2, 0.25) is 0 Å². The Morgan fingerprint density at radius 2 is 1.95 bits per heavy atom. The number of nitrogens with zero attached hydrogens (tertiary/aromatic N) is 2. The van der Waals surface area contributed by atoms with Crippen molar-refractivity contribution < 1.29 is 13.2 Å². The fraction of sp³-hybridized carbons (Fsp3) is 0.500. The SMILES string of the molecule is COc1ccccc1N1C(N)=NCC12CCS(=O)(=O)CC2. The first-order valence-electron chi connectivity index (χ1n) is 6.91. The van der Waals surface area contributed by atoms with E-state index < -0.39 is 9.84 Å². The Morgan fingerprint density at radius 1 is 1.29 bits per heavy atom. The maximum atomic E-state index is 11.7. The second-order valence-corrected chi connectivity index (χ2v) is 7.86. The van der Waals surface area contributed by atoms with Gasteiger partial charge in [0.1, 0.15) is 5.75 Å². The van der Waals surface area contributed by atoms with Crippen LogP contribution in [0.1, 0.15) is 12.8 Å². The van der Waals surface area contributed by atoms with Crippen LogP contribution in [0.4, 0.5) is 5.69 Å². The predicted molar refractivity (Wildman–Crippen MR) is 82.6 cm³/mol. The maximum Gasteiger partial charge on any atom is 0.196 e. The first-order chi connectivity index (χ1) is 9.97. The molecule has 2 aliphatic heterocycles. The van der Waals surface area contributed by atoms with Crippen molar-refractivity contribution in [3.05, 3.63) is 24.3 Å². The highest BCUT2D eigenvalue weighted by Crippen LogP contribution is 2.41. The van der Waals surface area contributed by atoms with Gasteiger partial charge in [0, 0.05) is 0 Å². The molecule has 3 rings (SSSR count). The van der Waals surface area contributed by atoms with Gasteiger partial charge in [-0.2, -0.15) is 0 Å². The van der Waals surface area contributed by atoms with Gasteiger partial charge < -0.3 is 15.4 Å². The fourth-order valence-corrected chi connectivity index (χ4v) is 4.69. The number of para-hydroxylation sites is 2. The van der Waals surface area contributed by atoms with Crippen LogP contribution in [0.25, 0.3) is 0 Å². The van der Waals surface area contributed by atoms with Crippen molar-refractivity contribution in [2.75, 3.05) is 30.1 Å². The molecular weight excluding hydrogens is 290 g/mol. The smallest absolute Gasteiger partial charge is 0.196 e. The minimum Gasteiger partial charge on any atom is -0.495 e. The van der Waals surface area contributed by atoms with Crippen molar-refractivity contribution in [3.8, 4) is 5.75 Å². The summed E-state index contributed by atoms with van der Waals surface area (Å²) in [4.78, 5) is 6.32. The van der Waals surface area contributed by atoms with E-state index in [1.54, 1.807) is 7.11 Å². The van der Waals surface area contributed by atoms with Crippen molar-refractivity contribution in [2.45, 2.75) is 18.4 Å². The minimum absolute atomic E-state index is 0.182. The quantitative estimate of drug-likeness (QED) is 0.872. The van der Waals surface area contributed by atoms with E-state index in [2.05, 4.69) is 4.99 Å². The molecule has 2 aliphatic rings. The predicted octanol–water partition coefficient (Wildman–Crippen LogP) is 0.777. The lowest BCUT2D eigenvalue weighted by molar-refractivity contribution is 0.392. The first-order valence-corrected chi connectivity index (χ1v) is 8.73. The van der Waals surface area contributed by atoms with Crippen LogP contribution in [0.2, 0.25) is 0 Å². The lowest BCUT2D eigenvalue weighted by Crippen LogP contribution is -2.56. The van der Waals surface area contributed by atoms with Crippen molar-refractivity contribution in [2.24, 2.45) is 10.7 Å². The van der Waals surface area contributed by atoms with Gasteiger partial charge in [-0.1, -0.05) is 12.1 Å². The molecule has 2 heterocycles.